The largest absolute Gasteiger partial charge is 0.490 e. The highest BCUT2D eigenvalue weighted by molar-refractivity contribution is 5.51. The van der Waals surface area contributed by atoms with Crippen LogP contribution in [0.15, 0.2) is 36.4 Å². The molecule has 1 atom stereocenters. The van der Waals surface area contributed by atoms with Crippen LogP contribution in [0.2, 0.25) is 0 Å². The minimum Gasteiger partial charge on any atom is -0.490 e. The number of hydrogen-bond donors (Lipinski definition) is 1. The van der Waals surface area contributed by atoms with Crippen LogP contribution in [0, 0.1) is 6.92 Å². The summed E-state index contributed by atoms with van der Waals surface area (Å²) in [5.41, 5.74) is 5.22. The first-order chi connectivity index (χ1) is 11.2. The summed E-state index contributed by atoms with van der Waals surface area (Å²) in [4.78, 5) is 0. The van der Waals surface area contributed by atoms with Crippen LogP contribution in [0.4, 0.5) is 0 Å². The van der Waals surface area contributed by atoms with E-state index in [1.807, 2.05) is 13.8 Å². The topological polar surface area (TPSA) is 30.5 Å². The Hall–Kier alpha value is -2.00. The first kappa shape index (κ1) is 15.9. The molecule has 122 valence electrons. The zero-order valence-electron chi connectivity index (χ0n) is 14.2. The lowest BCUT2D eigenvalue weighted by molar-refractivity contribution is 0.286. The van der Waals surface area contributed by atoms with Crippen molar-refractivity contribution in [3.63, 3.8) is 0 Å². The molecule has 0 saturated carbocycles. The smallest absolute Gasteiger partial charge is 0.161 e. The zero-order valence-corrected chi connectivity index (χ0v) is 14.2. The van der Waals surface area contributed by atoms with E-state index >= 15 is 0 Å². The second-order valence-corrected chi connectivity index (χ2v) is 5.91. The molecule has 2 aromatic rings. The van der Waals surface area contributed by atoms with E-state index in [1.165, 1.54) is 22.3 Å². The highest BCUT2D eigenvalue weighted by Gasteiger charge is 2.24. The molecular formula is C20H25NO2. The second-order valence-electron chi connectivity index (χ2n) is 5.91. The minimum absolute atomic E-state index is 0.217. The molecule has 0 radical (unpaired) electrons. The summed E-state index contributed by atoms with van der Waals surface area (Å²) in [6.45, 7) is 8.40. The summed E-state index contributed by atoms with van der Waals surface area (Å²) in [6, 6.07) is 13.3. The van der Waals surface area contributed by atoms with Crippen LogP contribution >= 0.6 is 0 Å². The minimum atomic E-state index is 0.217. The maximum absolute atomic E-state index is 5.81. The van der Waals surface area contributed by atoms with Gasteiger partial charge in [-0.3, -0.25) is 0 Å². The van der Waals surface area contributed by atoms with Gasteiger partial charge in [-0.1, -0.05) is 29.8 Å². The number of hydrogen-bond acceptors (Lipinski definition) is 3. The first-order valence-electron chi connectivity index (χ1n) is 8.45. The molecule has 0 aliphatic carbocycles. The van der Waals surface area contributed by atoms with Gasteiger partial charge in [0.15, 0.2) is 11.5 Å². The van der Waals surface area contributed by atoms with Gasteiger partial charge in [-0.25, -0.2) is 0 Å². The normalized spacial score (nSPS) is 16.7. The van der Waals surface area contributed by atoms with Crippen molar-refractivity contribution in [3.05, 3.63) is 58.7 Å². The third-order valence-electron chi connectivity index (χ3n) is 4.27. The van der Waals surface area contributed by atoms with Crippen LogP contribution in [-0.4, -0.2) is 19.8 Å². The number of fused-ring (bicyclic) bond motifs is 1. The van der Waals surface area contributed by atoms with Crippen molar-refractivity contribution >= 4 is 0 Å². The molecule has 0 bridgehead atoms. The van der Waals surface area contributed by atoms with Crippen molar-refractivity contribution < 1.29 is 9.47 Å². The Bertz CT molecular complexity index is 664. The fourth-order valence-electron chi connectivity index (χ4n) is 3.16. The van der Waals surface area contributed by atoms with Gasteiger partial charge in [0.1, 0.15) is 0 Å². The van der Waals surface area contributed by atoms with E-state index in [-0.39, 0.29) is 6.04 Å². The molecule has 23 heavy (non-hydrogen) atoms. The molecule has 0 amide bonds. The highest BCUT2D eigenvalue weighted by atomic mass is 16.5. The van der Waals surface area contributed by atoms with E-state index in [0.717, 1.165) is 24.5 Å². The third kappa shape index (κ3) is 3.35. The summed E-state index contributed by atoms with van der Waals surface area (Å²) in [5.74, 6) is 1.70. The number of nitrogens with one attached hydrogen (secondary N) is 1. The highest BCUT2D eigenvalue weighted by Crippen LogP contribution is 2.37. The lowest BCUT2D eigenvalue weighted by Gasteiger charge is -2.29. The van der Waals surface area contributed by atoms with Crippen LogP contribution in [0.5, 0.6) is 11.5 Å². The summed E-state index contributed by atoms with van der Waals surface area (Å²) in [6.07, 6.45) is 1.02. The number of benzene rings is 2. The molecule has 0 fully saturated rings. The van der Waals surface area contributed by atoms with Gasteiger partial charge in [0.2, 0.25) is 0 Å². The van der Waals surface area contributed by atoms with E-state index < -0.39 is 0 Å². The molecule has 1 aliphatic heterocycles. The molecule has 1 heterocycles. The Labute approximate surface area is 138 Å². The van der Waals surface area contributed by atoms with Gasteiger partial charge in [-0.2, -0.15) is 0 Å². The maximum Gasteiger partial charge on any atom is 0.161 e. The summed E-state index contributed by atoms with van der Waals surface area (Å²) in [7, 11) is 0. The number of ether oxygens (including phenoxy) is 2. The van der Waals surface area contributed by atoms with Gasteiger partial charge in [0.25, 0.3) is 0 Å². The molecular weight excluding hydrogens is 286 g/mol. The van der Waals surface area contributed by atoms with Crippen molar-refractivity contribution in [2.24, 2.45) is 0 Å². The monoisotopic (exact) mass is 311 g/mol. The molecule has 3 rings (SSSR count). The van der Waals surface area contributed by atoms with E-state index in [1.54, 1.807) is 0 Å². The van der Waals surface area contributed by atoms with E-state index in [9.17, 15) is 0 Å². The molecule has 2 aromatic carbocycles. The summed E-state index contributed by atoms with van der Waals surface area (Å²) >= 11 is 0. The van der Waals surface area contributed by atoms with Gasteiger partial charge in [-0.15, -0.1) is 0 Å². The molecule has 0 unspecified atom stereocenters. The average Bonchev–Trinajstić information content (AvgIpc) is 2.56. The standard InChI is InChI=1S/C20H25NO2/c1-4-22-18-12-16-10-11-21-20(15-8-6-14(3)7-9-15)17(16)13-19(18)23-5-2/h6-9,12-13,20-21H,4-5,10-11H2,1-3H3/t20-/m0/s1. The molecule has 0 aromatic heterocycles. The predicted octanol–water partition coefficient (Wildman–Crippen LogP) is 4.03. The lowest BCUT2D eigenvalue weighted by atomic mass is 9.89. The van der Waals surface area contributed by atoms with Crippen LogP contribution in [0.3, 0.4) is 0 Å². The SMILES string of the molecule is CCOc1cc2c(cc1OCC)[C@H](c1ccc(C)cc1)NCC2. The molecule has 3 nitrogen and oxygen atoms in total. The predicted molar refractivity (Wildman–Crippen MR) is 93.5 cm³/mol. The molecule has 0 saturated heterocycles. The second kappa shape index (κ2) is 7.05. The fraction of sp³-hybridized carbons (Fsp3) is 0.400. The molecule has 1 aliphatic rings. The Kier molecular flexibility index (Phi) is 4.87. The van der Waals surface area contributed by atoms with Crippen molar-refractivity contribution in [2.45, 2.75) is 33.2 Å². The van der Waals surface area contributed by atoms with Crippen molar-refractivity contribution in [3.8, 4) is 11.5 Å². The quantitative estimate of drug-likeness (QED) is 0.904. The molecule has 3 heteroatoms. The van der Waals surface area contributed by atoms with Crippen molar-refractivity contribution in [1.82, 2.24) is 5.32 Å². The van der Waals surface area contributed by atoms with Crippen molar-refractivity contribution in [1.29, 1.82) is 0 Å². The van der Waals surface area contributed by atoms with Gasteiger partial charge >= 0.3 is 0 Å². The summed E-state index contributed by atoms with van der Waals surface area (Å²) < 4.78 is 11.6. The Morgan fingerprint density at radius 1 is 1.00 bits per heavy atom. The van der Waals surface area contributed by atoms with Crippen LogP contribution < -0.4 is 14.8 Å². The lowest BCUT2D eigenvalue weighted by Crippen LogP contribution is -2.30. The van der Waals surface area contributed by atoms with Gasteiger partial charge in [0, 0.05) is 6.54 Å². The zero-order chi connectivity index (χ0) is 16.2. The van der Waals surface area contributed by atoms with Gasteiger partial charge in [-0.05, 0) is 56.0 Å². The van der Waals surface area contributed by atoms with E-state index in [0.29, 0.717) is 13.2 Å². The number of aryl methyl sites for hydroxylation is 1. The Morgan fingerprint density at radius 2 is 1.65 bits per heavy atom. The van der Waals surface area contributed by atoms with Gasteiger partial charge < -0.3 is 14.8 Å². The molecule has 1 N–H and O–H groups in total. The van der Waals surface area contributed by atoms with E-state index in [4.69, 9.17) is 9.47 Å². The molecule has 0 spiro atoms. The van der Waals surface area contributed by atoms with E-state index in [2.05, 4.69) is 48.6 Å². The Morgan fingerprint density at radius 3 is 2.30 bits per heavy atom. The average molecular weight is 311 g/mol. The third-order valence-corrected chi connectivity index (χ3v) is 4.27. The van der Waals surface area contributed by atoms with Crippen LogP contribution in [0.1, 0.15) is 42.1 Å². The Balaban J connectivity index is 2.02. The van der Waals surface area contributed by atoms with Crippen LogP contribution in [0.25, 0.3) is 0 Å². The number of rotatable bonds is 5. The van der Waals surface area contributed by atoms with Crippen LogP contribution in [-0.2, 0) is 6.42 Å². The fourth-order valence-corrected chi connectivity index (χ4v) is 3.16. The maximum atomic E-state index is 5.81. The summed E-state index contributed by atoms with van der Waals surface area (Å²) in [5, 5.41) is 3.64. The van der Waals surface area contributed by atoms with Crippen molar-refractivity contribution in [2.75, 3.05) is 19.8 Å². The first-order valence-corrected chi connectivity index (χ1v) is 8.45. The van der Waals surface area contributed by atoms with Gasteiger partial charge in [0.05, 0.1) is 19.3 Å².